The van der Waals surface area contributed by atoms with Gasteiger partial charge in [0.1, 0.15) is 11.4 Å². The van der Waals surface area contributed by atoms with Gasteiger partial charge in [-0.3, -0.25) is 4.79 Å². The number of unbranched alkanes of at least 4 members (excludes halogenated alkanes) is 1. The number of hydrogen-bond acceptors (Lipinski definition) is 3. The first-order chi connectivity index (χ1) is 13.5. The third kappa shape index (κ3) is 2.79. The summed E-state index contributed by atoms with van der Waals surface area (Å²) in [4.78, 5) is 14.6. The van der Waals surface area contributed by atoms with Gasteiger partial charge in [0.2, 0.25) is 5.91 Å². The monoisotopic (exact) mass is 376 g/mol. The van der Waals surface area contributed by atoms with Crippen LogP contribution < -0.4 is 15.0 Å². The van der Waals surface area contributed by atoms with Crippen LogP contribution >= 0.6 is 0 Å². The predicted octanol–water partition coefficient (Wildman–Crippen LogP) is 4.50. The zero-order chi connectivity index (χ0) is 19.8. The Kier molecular flexibility index (Phi) is 4.66. The lowest BCUT2D eigenvalue weighted by Gasteiger charge is -2.40. The number of nitrogens with zero attached hydrogens (tertiary/aromatic N) is 1. The smallest absolute Gasteiger partial charge is 0.241 e. The van der Waals surface area contributed by atoms with Crippen LogP contribution in [0.5, 0.6) is 5.75 Å². The molecule has 2 heterocycles. The second-order valence-corrected chi connectivity index (χ2v) is 8.12. The lowest BCUT2D eigenvalue weighted by molar-refractivity contribution is -0.118. The fraction of sp³-hybridized carbons (Fsp3) is 0.375. The first-order valence-electron chi connectivity index (χ1n) is 10.1. The minimum absolute atomic E-state index is 0.0553. The molecule has 0 radical (unpaired) electrons. The topological polar surface area (TPSA) is 41.6 Å². The number of hydrogen-bond donors (Lipinski definition) is 1. The summed E-state index contributed by atoms with van der Waals surface area (Å²) in [5, 5.41) is 3.27. The Morgan fingerprint density at radius 2 is 1.89 bits per heavy atom. The van der Waals surface area contributed by atoms with Crippen LogP contribution in [0, 0.1) is 0 Å². The van der Waals surface area contributed by atoms with Crippen LogP contribution in [-0.4, -0.2) is 24.7 Å². The molecule has 1 saturated heterocycles. The number of carbonyl (C=O) groups excluding carboxylic acids is 1. The SMILES string of the molecule is CCCCOc1ccccc1C=C[C@@]12NC(=O)CN1c1ccccc1C2(C)C. The molecule has 4 rings (SSSR count). The molecule has 0 aliphatic carbocycles. The second kappa shape index (κ2) is 7.01. The summed E-state index contributed by atoms with van der Waals surface area (Å²) in [6.07, 6.45) is 6.37. The minimum Gasteiger partial charge on any atom is -0.493 e. The summed E-state index contributed by atoms with van der Waals surface area (Å²) in [6.45, 7) is 7.65. The molecule has 2 aliphatic heterocycles. The number of fused-ring (bicyclic) bond motifs is 3. The lowest BCUT2D eigenvalue weighted by Crippen LogP contribution is -2.58. The van der Waals surface area contributed by atoms with Crippen molar-refractivity contribution in [1.82, 2.24) is 5.32 Å². The van der Waals surface area contributed by atoms with Crippen LogP contribution in [-0.2, 0) is 10.2 Å². The number of nitrogens with one attached hydrogen (secondary N) is 1. The molecule has 2 aliphatic rings. The Labute approximate surface area is 167 Å². The van der Waals surface area contributed by atoms with E-state index in [1.165, 1.54) is 5.56 Å². The van der Waals surface area contributed by atoms with Gasteiger partial charge in [-0.25, -0.2) is 0 Å². The summed E-state index contributed by atoms with van der Waals surface area (Å²) < 4.78 is 5.98. The zero-order valence-corrected chi connectivity index (χ0v) is 16.9. The number of benzene rings is 2. The highest BCUT2D eigenvalue weighted by atomic mass is 16.5. The average Bonchev–Trinajstić information content (AvgIpc) is 3.12. The number of amides is 1. The van der Waals surface area contributed by atoms with Gasteiger partial charge < -0.3 is 15.0 Å². The first kappa shape index (κ1) is 18.6. The summed E-state index contributed by atoms with van der Waals surface area (Å²) in [6, 6.07) is 16.5. The largest absolute Gasteiger partial charge is 0.493 e. The summed E-state index contributed by atoms with van der Waals surface area (Å²) in [7, 11) is 0. The Morgan fingerprint density at radius 1 is 1.14 bits per heavy atom. The van der Waals surface area contributed by atoms with E-state index in [2.05, 4.69) is 67.4 Å². The Morgan fingerprint density at radius 3 is 2.71 bits per heavy atom. The summed E-state index contributed by atoms with van der Waals surface area (Å²) in [5.74, 6) is 0.937. The Hall–Kier alpha value is -2.75. The minimum atomic E-state index is -0.579. The fourth-order valence-corrected chi connectivity index (χ4v) is 4.43. The van der Waals surface area contributed by atoms with Crippen molar-refractivity contribution < 1.29 is 9.53 Å². The van der Waals surface area contributed by atoms with Gasteiger partial charge in [-0.1, -0.05) is 69.7 Å². The van der Waals surface area contributed by atoms with E-state index < -0.39 is 5.66 Å². The molecule has 0 bridgehead atoms. The van der Waals surface area contributed by atoms with Crippen molar-refractivity contribution in [2.75, 3.05) is 18.1 Å². The van der Waals surface area contributed by atoms with Crippen molar-refractivity contribution in [2.45, 2.75) is 44.7 Å². The van der Waals surface area contributed by atoms with Gasteiger partial charge in [0.25, 0.3) is 0 Å². The van der Waals surface area contributed by atoms with Crippen molar-refractivity contribution >= 4 is 17.7 Å². The van der Waals surface area contributed by atoms with Crippen molar-refractivity contribution in [1.29, 1.82) is 0 Å². The molecule has 146 valence electrons. The van der Waals surface area contributed by atoms with E-state index in [0.717, 1.165) is 29.8 Å². The Bertz CT molecular complexity index is 918. The van der Waals surface area contributed by atoms with Gasteiger partial charge in [-0.15, -0.1) is 0 Å². The highest BCUT2D eigenvalue weighted by molar-refractivity contribution is 5.91. The second-order valence-electron chi connectivity index (χ2n) is 8.12. The van der Waals surface area contributed by atoms with E-state index in [9.17, 15) is 4.79 Å². The van der Waals surface area contributed by atoms with Crippen molar-refractivity contribution in [3.05, 3.63) is 65.7 Å². The Balaban J connectivity index is 1.72. The van der Waals surface area contributed by atoms with Gasteiger partial charge in [0, 0.05) is 16.7 Å². The molecular weight excluding hydrogens is 348 g/mol. The molecule has 0 aromatic heterocycles. The van der Waals surface area contributed by atoms with Crippen LogP contribution in [0.1, 0.15) is 44.7 Å². The molecule has 1 N–H and O–H groups in total. The molecule has 2 aromatic carbocycles. The molecule has 1 amide bonds. The maximum Gasteiger partial charge on any atom is 0.241 e. The molecule has 2 aromatic rings. The van der Waals surface area contributed by atoms with E-state index >= 15 is 0 Å². The van der Waals surface area contributed by atoms with Crippen LogP contribution in [0.4, 0.5) is 5.69 Å². The molecular formula is C24H28N2O2. The maximum absolute atomic E-state index is 12.4. The van der Waals surface area contributed by atoms with Gasteiger partial charge in [0.15, 0.2) is 0 Å². The number of para-hydroxylation sites is 2. The van der Waals surface area contributed by atoms with E-state index in [1.54, 1.807) is 0 Å². The first-order valence-corrected chi connectivity index (χ1v) is 10.1. The number of anilines is 1. The van der Waals surface area contributed by atoms with Gasteiger partial charge in [-0.2, -0.15) is 0 Å². The van der Waals surface area contributed by atoms with E-state index in [-0.39, 0.29) is 11.3 Å². The number of rotatable bonds is 6. The lowest BCUT2D eigenvalue weighted by atomic mass is 9.75. The third-order valence-electron chi connectivity index (χ3n) is 6.06. The van der Waals surface area contributed by atoms with Crippen LogP contribution in [0.3, 0.4) is 0 Å². The van der Waals surface area contributed by atoms with E-state index in [1.807, 2.05) is 24.3 Å². The van der Waals surface area contributed by atoms with Crippen molar-refractivity contribution in [3.8, 4) is 5.75 Å². The van der Waals surface area contributed by atoms with Crippen LogP contribution in [0.25, 0.3) is 6.08 Å². The maximum atomic E-state index is 12.4. The number of carbonyl (C=O) groups is 1. The number of ether oxygens (including phenoxy) is 1. The summed E-state index contributed by atoms with van der Waals surface area (Å²) in [5.41, 5.74) is 2.57. The highest BCUT2D eigenvalue weighted by Gasteiger charge is 2.59. The molecule has 0 spiro atoms. The van der Waals surface area contributed by atoms with E-state index in [0.29, 0.717) is 13.2 Å². The average molecular weight is 377 g/mol. The molecule has 1 fully saturated rings. The fourth-order valence-electron chi connectivity index (χ4n) is 4.43. The molecule has 0 saturated carbocycles. The standard InChI is InChI=1S/C24H28N2O2/c1-4-5-16-28-21-13-9-6-10-18(21)14-15-24-23(2,3)19-11-7-8-12-20(19)26(24)17-22(27)25-24/h6-15H,4-5,16-17H2,1-3H3,(H,25,27)/t24-/m1/s1. The molecule has 4 nitrogen and oxygen atoms in total. The summed E-state index contributed by atoms with van der Waals surface area (Å²) >= 11 is 0. The van der Waals surface area contributed by atoms with Gasteiger partial charge in [0.05, 0.1) is 13.2 Å². The van der Waals surface area contributed by atoms with Crippen molar-refractivity contribution in [3.63, 3.8) is 0 Å². The predicted molar refractivity (Wildman–Crippen MR) is 114 cm³/mol. The molecule has 1 atom stereocenters. The molecule has 4 heteroatoms. The van der Waals surface area contributed by atoms with Gasteiger partial charge in [-0.05, 0) is 30.2 Å². The highest BCUT2D eigenvalue weighted by Crippen LogP contribution is 2.52. The van der Waals surface area contributed by atoms with Crippen molar-refractivity contribution in [2.24, 2.45) is 0 Å². The van der Waals surface area contributed by atoms with Crippen LogP contribution in [0.15, 0.2) is 54.6 Å². The molecule has 28 heavy (non-hydrogen) atoms. The molecule has 0 unspecified atom stereocenters. The van der Waals surface area contributed by atoms with Gasteiger partial charge >= 0.3 is 0 Å². The third-order valence-corrected chi connectivity index (χ3v) is 6.06. The quantitative estimate of drug-likeness (QED) is 0.755. The normalized spacial score (nSPS) is 22.2. The van der Waals surface area contributed by atoms with Crippen LogP contribution in [0.2, 0.25) is 0 Å². The zero-order valence-electron chi connectivity index (χ0n) is 16.9. The van der Waals surface area contributed by atoms with E-state index in [4.69, 9.17) is 4.74 Å².